The van der Waals surface area contributed by atoms with Crippen LogP contribution in [0.5, 0.6) is 5.75 Å². The summed E-state index contributed by atoms with van der Waals surface area (Å²) in [4.78, 5) is 5.41. The number of nitrogens with two attached hydrogens (primary N) is 1. The number of hydrogen-bond acceptors (Lipinski definition) is 4. The Balaban J connectivity index is 1.76. The molecule has 0 spiro atoms. The van der Waals surface area contributed by atoms with Crippen molar-refractivity contribution < 1.29 is 4.74 Å². The Morgan fingerprint density at radius 2 is 2.33 bits per heavy atom. The number of hydrogen-bond donors (Lipinski definition) is 1. The zero-order chi connectivity index (χ0) is 12.5. The van der Waals surface area contributed by atoms with Gasteiger partial charge >= 0.3 is 0 Å². The number of nitrogen functional groups attached to an aromatic ring is 1. The fourth-order valence-electron chi connectivity index (χ4n) is 1.65. The molecule has 0 unspecified atom stereocenters. The first kappa shape index (κ1) is 11.6. The van der Waals surface area contributed by atoms with Gasteiger partial charge in [0.15, 0.2) is 4.96 Å². The summed E-state index contributed by atoms with van der Waals surface area (Å²) in [6.45, 7) is 0.417. The summed E-state index contributed by atoms with van der Waals surface area (Å²) in [5.74, 6) is 0.676. The van der Waals surface area contributed by atoms with Crippen LogP contribution in [0.3, 0.4) is 0 Å². The van der Waals surface area contributed by atoms with E-state index in [9.17, 15) is 0 Å². The van der Waals surface area contributed by atoms with E-state index in [1.54, 1.807) is 11.3 Å². The number of thiazole rings is 1. The summed E-state index contributed by atoms with van der Waals surface area (Å²) in [6.07, 6.45) is 3.94. The van der Waals surface area contributed by atoms with E-state index in [1.165, 1.54) is 0 Å². The third-order valence-electron chi connectivity index (χ3n) is 2.49. The number of aromatic nitrogens is 2. The highest BCUT2D eigenvalue weighted by atomic mass is 79.9. The van der Waals surface area contributed by atoms with Gasteiger partial charge in [0.2, 0.25) is 0 Å². The van der Waals surface area contributed by atoms with Gasteiger partial charge in [-0.05, 0) is 18.2 Å². The van der Waals surface area contributed by atoms with E-state index in [2.05, 4.69) is 20.9 Å². The van der Waals surface area contributed by atoms with Gasteiger partial charge in [-0.3, -0.25) is 4.40 Å². The molecule has 2 aromatic heterocycles. The predicted molar refractivity (Wildman–Crippen MR) is 76.0 cm³/mol. The SMILES string of the molecule is Nc1cc(Br)ccc1OCc1cn2ccsc2n1. The molecule has 92 valence electrons. The second-order valence-electron chi connectivity index (χ2n) is 3.80. The maximum absolute atomic E-state index is 5.86. The van der Waals surface area contributed by atoms with E-state index < -0.39 is 0 Å². The summed E-state index contributed by atoms with van der Waals surface area (Å²) in [7, 11) is 0. The second kappa shape index (κ2) is 4.62. The normalized spacial score (nSPS) is 10.9. The molecular weight excluding hydrogens is 314 g/mol. The fraction of sp³-hybridized carbons (Fsp3) is 0.0833. The minimum atomic E-state index is 0.417. The van der Waals surface area contributed by atoms with E-state index in [-0.39, 0.29) is 0 Å². The van der Waals surface area contributed by atoms with Crippen molar-refractivity contribution in [1.82, 2.24) is 9.38 Å². The monoisotopic (exact) mass is 323 g/mol. The highest BCUT2D eigenvalue weighted by Gasteiger charge is 2.05. The quantitative estimate of drug-likeness (QED) is 0.752. The first-order valence-corrected chi connectivity index (χ1v) is 6.98. The van der Waals surface area contributed by atoms with Gasteiger partial charge in [0.1, 0.15) is 12.4 Å². The Hall–Kier alpha value is -1.53. The summed E-state index contributed by atoms with van der Waals surface area (Å²) in [5, 5.41) is 2.00. The van der Waals surface area contributed by atoms with Gasteiger partial charge in [-0.15, -0.1) is 11.3 Å². The standard InChI is InChI=1S/C12H10BrN3OS/c13-8-1-2-11(10(14)5-8)17-7-9-6-16-3-4-18-12(16)15-9/h1-6H,7,14H2. The van der Waals surface area contributed by atoms with Crippen LogP contribution in [-0.2, 0) is 6.61 Å². The first-order chi connectivity index (χ1) is 8.72. The van der Waals surface area contributed by atoms with Crippen LogP contribution in [0.15, 0.2) is 40.4 Å². The molecule has 0 fully saturated rings. The minimum Gasteiger partial charge on any atom is -0.485 e. The summed E-state index contributed by atoms with van der Waals surface area (Å²) in [6, 6.07) is 5.57. The Labute approximate surface area is 116 Å². The Morgan fingerprint density at radius 3 is 3.11 bits per heavy atom. The molecule has 18 heavy (non-hydrogen) atoms. The van der Waals surface area contributed by atoms with Crippen LogP contribution >= 0.6 is 27.3 Å². The average molecular weight is 324 g/mol. The summed E-state index contributed by atoms with van der Waals surface area (Å²) in [5.41, 5.74) is 7.37. The Bertz CT molecular complexity index is 663. The molecule has 0 aliphatic carbocycles. The lowest BCUT2D eigenvalue weighted by molar-refractivity contribution is 0.304. The molecule has 0 amide bonds. The minimum absolute atomic E-state index is 0.417. The number of anilines is 1. The van der Waals surface area contributed by atoms with Gasteiger partial charge in [0.05, 0.1) is 11.4 Å². The molecule has 1 aromatic carbocycles. The number of ether oxygens (including phenoxy) is 1. The van der Waals surface area contributed by atoms with Gasteiger partial charge in [-0.1, -0.05) is 15.9 Å². The van der Waals surface area contributed by atoms with Crippen LogP contribution in [-0.4, -0.2) is 9.38 Å². The van der Waals surface area contributed by atoms with Crippen molar-refractivity contribution in [3.8, 4) is 5.75 Å². The van der Waals surface area contributed by atoms with Gasteiger partial charge < -0.3 is 10.5 Å². The number of fused-ring (bicyclic) bond motifs is 1. The van der Waals surface area contributed by atoms with Crippen molar-refractivity contribution in [2.24, 2.45) is 0 Å². The molecule has 0 bridgehead atoms. The molecule has 0 saturated heterocycles. The highest BCUT2D eigenvalue weighted by molar-refractivity contribution is 9.10. The summed E-state index contributed by atoms with van der Waals surface area (Å²) < 4.78 is 8.58. The van der Waals surface area contributed by atoms with Gasteiger partial charge in [0.25, 0.3) is 0 Å². The van der Waals surface area contributed by atoms with Crippen LogP contribution in [0.1, 0.15) is 5.69 Å². The molecule has 3 rings (SSSR count). The Kier molecular flexibility index (Phi) is 2.97. The second-order valence-corrected chi connectivity index (χ2v) is 5.58. The van der Waals surface area contributed by atoms with Crippen LogP contribution in [0, 0.1) is 0 Å². The zero-order valence-corrected chi connectivity index (χ0v) is 11.7. The molecule has 0 aliphatic heterocycles. The lowest BCUT2D eigenvalue weighted by Gasteiger charge is -2.07. The average Bonchev–Trinajstić information content (AvgIpc) is 2.88. The number of halogens is 1. The van der Waals surface area contributed by atoms with E-state index in [4.69, 9.17) is 10.5 Å². The van der Waals surface area contributed by atoms with Crippen LogP contribution in [0.25, 0.3) is 4.96 Å². The van der Waals surface area contributed by atoms with E-state index >= 15 is 0 Å². The lowest BCUT2D eigenvalue weighted by atomic mass is 10.3. The smallest absolute Gasteiger partial charge is 0.193 e. The predicted octanol–water partition coefficient (Wildman–Crippen LogP) is 3.32. The summed E-state index contributed by atoms with van der Waals surface area (Å²) >= 11 is 4.96. The molecule has 0 saturated carbocycles. The van der Waals surface area contributed by atoms with Crippen molar-refractivity contribution in [1.29, 1.82) is 0 Å². The third kappa shape index (κ3) is 2.21. The Morgan fingerprint density at radius 1 is 1.44 bits per heavy atom. The first-order valence-electron chi connectivity index (χ1n) is 5.31. The highest BCUT2D eigenvalue weighted by Crippen LogP contribution is 2.26. The van der Waals surface area contributed by atoms with Crippen molar-refractivity contribution in [2.45, 2.75) is 6.61 Å². The van der Waals surface area contributed by atoms with E-state index in [0.717, 1.165) is 15.1 Å². The molecule has 0 atom stereocenters. The molecule has 6 heteroatoms. The third-order valence-corrected chi connectivity index (χ3v) is 3.75. The van der Waals surface area contributed by atoms with Crippen molar-refractivity contribution in [3.05, 3.63) is 46.1 Å². The van der Waals surface area contributed by atoms with E-state index in [0.29, 0.717) is 18.0 Å². The van der Waals surface area contributed by atoms with Gasteiger partial charge in [-0.2, -0.15) is 0 Å². The van der Waals surface area contributed by atoms with Crippen molar-refractivity contribution in [2.75, 3.05) is 5.73 Å². The van der Waals surface area contributed by atoms with Gasteiger partial charge in [0, 0.05) is 22.2 Å². The van der Waals surface area contributed by atoms with Crippen LogP contribution in [0.2, 0.25) is 0 Å². The molecule has 4 nitrogen and oxygen atoms in total. The van der Waals surface area contributed by atoms with E-state index in [1.807, 2.05) is 40.4 Å². The molecular formula is C12H10BrN3OS. The maximum atomic E-state index is 5.86. The fourth-order valence-corrected chi connectivity index (χ4v) is 2.75. The van der Waals surface area contributed by atoms with Crippen LogP contribution < -0.4 is 10.5 Å². The molecule has 2 N–H and O–H groups in total. The van der Waals surface area contributed by atoms with Gasteiger partial charge in [-0.25, -0.2) is 4.98 Å². The number of benzene rings is 1. The van der Waals surface area contributed by atoms with Crippen molar-refractivity contribution >= 4 is 37.9 Å². The number of rotatable bonds is 3. The van der Waals surface area contributed by atoms with Crippen LogP contribution in [0.4, 0.5) is 5.69 Å². The molecule has 2 heterocycles. The molecule has 0 aliphatic rings. The maximum Gasteiger partial charge on any atom is 0.193 e. The molecule has 0 radical (unpaired) electrons. The molecule has 3 aromatic rings. The lowest BCUT2D eigenvalue weighted by Crippen LogP contribution is -1.98. The largest absolute Gasteiger partial charge is 0.485 e. The van der Waals surface area contributed by atoms with Crippen molar-refractivity contribution in [3.63, 3.8) is 0 Å². The number of nitrogens with zero attached hydrogens (tertiary/aromatic N) is 2. The number of imidazole rings is 1. The topological polar surface area (TPSA) is 52.5 Å². The zero-order valence-electron chi connectivity index (χ0n) is 9.34.